The maximum Gasteiger partial charge on any atom is 0.237 e. The molecule has 2 aromatic heterocycles. The lowest BCUT2D eigenvalue weighted by atomic mass is 9.70. The second-order valence-corrected chi connectivity index (χ2v) is 11.9. The summed E-state index contributed by atoms with van der Waals surface area (Å²) < 4.78 is 23.4. The highest BCUT2D eigenvalue weighted by molar-refractivity contribution is 7.13. The molecular formula is C32H28ClN3O8S. The standard InChI is InChI=1S/C32H28ClN3O8S/c1-16-13-20-24(29(39)32(16)30(40)25-19(41-2)15-21(42-3)26(33)28(25)44-32)18(27(43-20)17-7-5-4-6-8-17)14-23(38)34-10-9-22(37)36-31-35-11-12-45-31/h4-8,11-12,15-16H,9-10,13-14H2,1-3H3,(H,34,38)(H,35,36,37)/t16-,32+/m1/s1. The zero-order valence-corrected chi connectivity index (χ0v) is 26.1. The number of methoxy groups -OCH3 is 2. The number of fused-ring (bicyclic) bond motifs is 2. The number of furan rings is 1. The first-order valence-electron chi connectivity index (χ1n) is 14.1. The highest BCUT2D eigenvalue weighted by Gasteiger charge is 2.63. The molecule has 0 unspecified atom stereocenters. The van der Waals surface area contributed by atoms with Gasteiger partial charge in [0.05, 0.1) is 26.2 Å². The van der Waals surface area contributed by atoms with Crippen LogP contribution in [-0.2, 0) is 22.4 Å². The van der Waals surface area contributed by atoms with Gasteiger partial charge < -0.3 is 29.3 Å². The minimum Gasteiger partial charge on any atom is -0.496 e. The molecule has 0 bridgehead atoms. The zero-order valence-electron chi connectivity index (χ0n) is 24.5. The Morgan fingerprint density at radius 3 is 2.51 bits per heavy atom. The molecule has 232 valence electrons. The molecule has 1 spiro atoms. The number of anilines is 1. The van der Waals surface area contributed by atoms with Gasteiger partial charge in [-0.15, -0.1) is 11.3 Å². The Hall–Kier alpha value is -4.68. The van der Waals surface area contributed by atoms with Crippen LogP contribution in [-0.4, -0.2) is 54.7 Å². The highest BCUT2D eigenvalue weighted by atomic mass is 35.5. The molecule has 0 saturated carbocycles. The number of benzene rings is 2. The normalized spacial score (nSPS) is 18.3. The number of nitrogens with zero attached hydrogens (tertiary/aromatic N) is 1. The third-order valence-electron chi connectivity index (χ3n) is 7.97. The maximum atomic E-state index is 14.6. The summed E-state index contributed by atoms with van der Waals surface area (Å²) in [5.74, 6) is -1.53. The fourth-order valence-corrected chi connectivity index (χ4v) is 6.64. The highest BCUT2D eigenvalue weighted by Crippen LogP contribution is 2.54. The van der Waals surface area contributed by atoms with Crippen LogP contribution in [0, 0.1) is 5.92 Å². The van der Waals surface area contributed by atoms with Gasteiger partial charge in [0.25, 0.3) is 0 Å². The molecule has 11 nitrogen and oxygen atoms in total. The molecule has 13 heteroatoms. The van der Waals surface area contributed by atoms with Gasteiger partial charge in [-0.05, 0) is 0 Å². The van der Waals surface area contributed by atoms with Gasteiger partial charge in [0.15, 0.2) is 10.9 Å². The van der Waals surface area contributed by atoms with Gasteiger partial charge in [0.2, 0.25) is 29.0 Å². The molecule has 2 aromatic carbocycles. The van der Waals surface area contributed by atoms with Crippen molar-refractivity contribution in [2.24, 2.45) is 5.92 Å². The molecule has 6 rings (SSSR count). The van der Waals surface area contributed by atoms with Crippen LogP contribution in [0.25, 0.3) is 11.3 Å². The van der Waals surface area contributed by atoms with Crippen LogP contribution in [0.3, 0.4) is 0 Å². The SMILES string of the molecule is COc1cc(OC)c2c(c1Cl)O[C@@]1(C(=O)c3c(oc(-c4ccccc4)c3CC(=O)NCCC(=O)Nc3nccs3)C[C@H]1C)C2=O. The van der Waals surface area contributed by atoms with E-state index in [0.29, 0.717) is 27.8 Å². The zero-order chi connectivity index (χ0) is 31.9. The Kier molecular flexibility index (Phi) is 8.10. The molecule has 2 atom stereocenters. The number of carbonyl (C=O) groups is 4. The van der Waals surface area contributed by atoms with Gasteiger partial charge >= 0.3 is 0 Å². The number of ketones is 2. The van der Waals surface area contributed by atoms with E-state index in [1.807, 2.05) is 30.3 Å². The average Bonchev–Trinajstić information content (AvgIpc) is 3.75. The van der Waals surface area contributed by atoms with Crippen molar-refractivity contribution in [2.45, 2.75) is 31.8 Å². The fraction of sp³-hybridized carbons (Fsp3) is 0.281. The quantitative estimate of drug-likeness (QED) is 0.235. The van der Waals surface area contributed by atoms with Crippen molar-refractivity contribution in [2.75, 3.05) is 26.1 Å². The first kappa shape index (κ1) is 30.4. The molecule has 0 radical (unpaired) electrons. The lowest BCUT2D eigenvalue weighted by molar-refractivity contribution is -0.120. The predicted octanol–water partition coefficient (Wildman–Crippen LogP) is 5.15. The second-order valence-electron chi connectivity index (χ2n) is 10.6. The van der Waals surface area contributed by atoms with Crippen molar-refractivity contribution in [3.05, 3.63) is 75.4 Å². The Morgan fingerprint density at radius 2 is 1.82 bits per heavy atom. The Balaban J connectivity index is 1.34. The second kappa shape index (κ2) is 12.0. The van der Waals surface area contributed by atoms with Gasteiger partial charge in [-0.25, -0.2) is 4.98 Å². The third-order valence-corrected chi connectivity index (χ3v) is 9.02. The minimum absolute atomic E-state index is 0.00334. The largest absolute Gasteiger partial charge is 0.496 e. The monoisotopic (exact) mass is 649 g/mol. The Morgan fingerprint density at radius 1 is 1.09 bits per heavy atom. The lowest BCUT2D eigenvalue weighted by Crippen LogP contribution is -2.56. The van der Waals surface area contributed by atoms with Crippen LogP contribution in [0.2, 0.25) is 5.02 Å². The molecule has 1 aliphatic heterocycles. The fourth-order valence-electron chi connectivity index (χ4n) is 5.83. The maximum absolute atomic E-state index is 14.6. The van der Waals surface area contributed by atoms with E-state index in [0.717, 1.165) is 0 Å². The van der Waals surface area contributed by atoms with Crippen LogP contribution < -0.4 is 24.8 Å². The third kappa shape index (κ3) is 5.13. The van der Waals surface area contributed by atoms with Crippen LogP contribution in [0.4, 0.5) is 5.13 Å². The van der Waals surface area contributed by atoms with Crippen molar-refractivity contribution >= 4 is 51.5 Å². The molecule has 2 N–H and O–H groups in total. The predicted molar refractivity (Wildman–Crippen MR) is 166 cm³/mol. The number of Topliss-reactive ketones (excluding diaryl/α,β-unsaturated/α-hetero) is 2. The molecule has 3 heterocycles. The first-order valence-corrected chi connectivity index (χ1v) is 15.3. The number of halogens is 1. The van der Waals surface area contributed by atoms with Crippen molar-refractivity contribution in [3.63, 3.8) is 0 Å². The van der Waals surface area contributed by atoms with E-state index in [4.69, 9.17) is 30.2 Å². The minimum atomic E-state index is -1.96. The van der Waals surface area contributed by atoms with Gasteiger partial charge in [-0.3, -0.25) is 19.2 Å². The molecule has 2 amide bonds. The van der Waals surface area contributed by atoms with Crippen molar-refractivity contribution in [1.29, 1.82) is 0 Å². The number of amides is 2. The summed E-state index contributed by atoms with van der Waals surface area (Å²) in [6, 6.07) is 10.6. The van der Waals surface area contributed by atoms with Crippen LogP contribution in [0.1, 0.15) is 45.4 Å². The number of nitrogens with one attached hydrogen (secondary N) is 2. The van der Waals surface area contributed by atoms with Crippen molar-refractivity contribution in [3.8, 4) is 28.6 Å². The summed E-state index contributed by atoms with van der Waals surface area (Å²) in [7, 11) is 2.81. The van der Waals surface area contributed by atoms with E-state index in [1.165, 1.54) is 31.6 Å². The van der Waals surface area contributed by atoms with Crippen LogP contribution in [0.5, 0.6) is 17.2 Å². The van der Waals surface area contributed by atoms with Gasteiger partial charge in [-0.2, -0.15) is 0 Å². The molecule has 1 aliphatic carbocycles. The van der Waals surface area contributed by atoms with E-state index < -0.39 is 29.0 Å². The van der Waals surface area contributed by atoms with Crippen LogP contribution >= 0.6 is 22.9 Å². The number of aromatic nitrogens is 1. The first-order chi connectivity index (χ1) is 21.7. The average molecular weight is 650 g/mol. The van der Waals surface area contributed by atoms with E-state index in [1.54, 1.807) is 18.5 Å². The number of hydrogen-bond acceptors (Lipinski definition) is 10. The summed E-state index contributed by atoms with van der Waals surface area (Å²) >= 11 is 7.86. The van der Waals surface area contributed by atoms with Crippen molar-refractivity contribution in [1.82, 2.24) is 10.3 Å². The number of rotatable bonds is 9. The molecule has 2 aliphatic rings. The summed E-state index contributed by atoms with van der Waals surface area (Å²) in [6.45, 7) is 1.79. The molecule has 45 heavy (non-hydrogen) atoms. The van der Waals surface area contributed by atoms with Gasteiger partial charge in [0, 0.05) is 54.1 Å². The number of hydrogen-bond donors (Lipinski definition) is 2. The van der Waals surface area contributed by atoms with E-state index in [9.17, 15) is 19.2 Å². The summed E-state index contributed by atoms with van der Waals surface area (Å²) in [4.78, 5) is 58.3. The summed E-state index contributed by atoms with van der Waals surface area (Å²) in [6.07, 6.45) is 1.53. The summed E-state index contributed by atoms with van der Waals surface area (Å²) in [5.41, 5.74) is -0.820. The Bertz CT molecular complexity index is 1820. The van der Waals surface area contributed by atoms with Gasteiger partial charge in [0.1, 0.15) is 33.6 Å². The van der Waals surface area contributed by atoms with E-state index >= 15 is 0 Å². The van der Waals surface area contributed by atoms with Crippen molar-refractivity contribution < 1.29 is 37.8 Å². The topological polar surface area (TPSA) is 146 Å². The number of thiazole rings is 1. The molecular weight excluding hydrogens is 622 g/mol. The van der Waals surface area contributed by atoms with Gasteiger partial charge in [-0.1, -0.05) is 48.9 Å². The molecule has 0 fully saturated rings. The summed E-state index contributed by atoms with van der Waals surface area (Å²) in [5, 5.41) is 7.66. The number of carbonyl (C=O) groups excluding carboxylic acids is 4. The molecule has 4 aromatic rings. The lowest BCUT2D eigenvalue weighted by Gasteiger charge is -2.35. The number of ether oxygens (including phenoxy) is 3. The Labute approximate surface area is 266 Å². The van der Waals surface area contributed by atoms with E-state index in [2.05, 4.69) is 15.6 Å². The molecule has 0 saturated heterocycles. The van der Waals surface area contributed by atoms with E-state index in [-0.39, 0.29) is 65.1 Å². The van der Waals surface area contributed by atoms with Crippen LogP contribution in [0.15, 0.2) is 52.4 Å². The smallest absolute Gasteiger partial charge is 0.237 e.